The number of thiophene rings is 1. The fraction of sp³-hybridized carbons (Fsp3) is 0.471. The predicted molar refractivity (Wildman–Crippen MR) is 97.9 cm³/mol. The third-order valence-corrected chi connectivity index (χ3v) is 5.60. The van der Waals surface area contributed by atoms with Crippen molar-refractivity contribution in [3.63, 3.8) is 0 Å². The number of fused-ring (bicyclic) bond motifs is 1. The number of hydrogen-bond acceptors (Lipinski definition) is 6. The number of halogens is 3. The summed E-state index contributed by atoms with van der Waals surface area (Å²) in [6.45, 7) is 4.03. The molecule has 3 aromatic heterocycles. The van der Waals surface area contributed by atoms with E-state index in [4.69, 9.17) is 0 Å². The summed E-state index contributed by atoms with van der Waals surface area (Å²) in [4.78, 5) is 13.8. The molecule has 0 saturated carbocycles. The van der Waals surface area contributed by atoms with E-state index in [1.807, 2.05) is 19.3 Å². The van der Waals surface area contributed by atoms with E-state index in [0.29, 0.717) is 10.2 Å². The van der Waals surface area contributed by atoms with E-state index in [1.165, 1.54) is 6.33 Å². The molecule has 0 bridgehead atoms. The SMILES string of the molecule is Cn1ccc(CN2CCN(c3ncnc4sc(CC(F)(F)F)cc34)CC2)n1. The van der Waals surface area contributed by atoms with Crippen LogP contribution in [-0.2, 0) is 20.0 Å². The van der Waals surface area contributed by atoms with Gasteiger partial charge in [-0.15, -0.1) is 11.3 Å². The summed E-state index contributed by atoms with van der Waals surface area (Å²) in [6.07, 6.45) is -1.78. The molecule has 0 unspecified atom stereocenters. The molecule has 27 heavy (non-hydrogen) atoms. The maximum absolute atomic E-state index is 12.7. The smallest absolute Gasteiger partial charge is 0.353 e. The zero-order valence-electron chi connectivity index (χ0n) is 14.8. The first kappa shape index (κ1) is 18.2. The molecule has 0 amide bonds. The normalized spacial score (nSPS) is 16.4. The number of alkyl halides is 3. The van der Waals surface area contributed by atoms with Gasteiger partial charge in [-0.3, -0.25) is 9.58 Å². The van der Waals surface area contributed by atoms with Crippen LogP contribution in [0.1, 0.15) is 10.6 Å². The number of piperazine rings is 1. The Morgan fingerprint density at radius 3 is 2.59 bits per heavy atom. The minimum atomic E-state index is -4.22. The molecular formula is C17H19F3N6S. The van der Waals surface area contributed by atoms with Gasteiger partial charge in [0, 0.05) is 50.8 Å². The van der Waals surface area contributed by atoms with Gasteiger partial charge in [-0.25, -0.2) is 9.97 Å². The average Bonchev–Trinajstić information content (AvgIpc) is 3.19. The van der Waals surface area contributed by atoms with Crippen molar-refractivity contribution in [3.8, 4) is 0 Å². The molecular weight excluding hydrogens is 377 g/mol. The van der Waals surface area contributed by atoms with Crippen molar-refractivity contribution in [3.05, 3.63) is 35.2 Å². The third kappa shape index (κ3) is 4.22. The first-order chi connectivity index (χ1) is 12.9. The molecule has 1 aliphatic heterocycles. The van der Waals surface area contributed by atoms with Crippen LogP contribution in [-0.4, -0.2) is 57.0 Å². The third-order valence-electron chi connectivity index (χ3n) is 4.56. The van der Waals surface area contributed by atoms with Crippen molar-refractivity contribution in [2.45, 2.75) is 19.1 Å². The van der Waals surface area contributed by atoms with Crippen LogP contribution in [0.25, 0.3) is 10.2 Å². The fourth-order valence-electron chi connectivity index (χ4n) is 3.32. The Bertz CT molecular complexity index is 926. The molecule has 0 radical (unpaired) electrons. The van der Waals surface area contributed by atoms with Crippen molar-refractivity contribution in [2.24, 2.45) is 7.05 Å². The first-order valence-electron chi connectivity index (χ1n) is 8.63. The number of aromatic nitrogens is 4. The molecule has 3 aromatic rings. The van der Waals surface area contributed by atoms with Crippen molar-refractivity contribution in [1.29, 1.82) is 0 Å². The molecule has 1 fully saturated rings. The van der Waals surface area contributed by atoms with E-state index in [1.54, 1.807) is 10.7 Å². The summed E-state index contributed by atoms with van der Waals surface area (Å²) < 4.78 is 39.9. The van der Waals surface area contributed by atoms with Crippen LogP contribution >= 0.6 is 11.3 Å². The molecule has 144 valence electrons. The average molecular weight is 396 g/mol. The maximum Gasteiger partial charge on any atom is 0.393 e. The topological polar surface area (TPSA) is 50.1 Å². The monoisotopic (exact) mass is 396 g/mol. The molecule has 0 N–H and O–H groups in total. The molecule has 0 aromatic carbocycles. The summed E-state index contributed by atoms with van der Waals surface area (Å²) >= 11 is 1.09. The number of anilines is 1. The predicted octanol–water partition coefficient (Wildman–Crippen LogP) is 2.85. The van der Waals surface area contributed by atoms with Crippen LogP contribution in [0.3, 0.4) is 0 Å². The molecule has 1 saturated heterocycles. The Morgan fingerprint density at radius 2 is 1.93 bits per heavy atom. The second-order valence-electron chi connectivity index (χ2n) is 6.66. The Labute approximate surface area is 158 Å². The Kier molecular flexibility index (Phi) is 4.77. The molecule has 0 aliphatic carbocycles. The van der Waals surface area contributed by atoms with Crippen molar-refractivity contribution in [2.75, 3.05) is 31.1 Å². The molecule has 10 heteroatoms. The van der Waals surface area contributed by atoms with Crippen LogP contribution in [0.4, 0.5) is 19.0 Å². The van der Waals surface area contributed by atoms with Gasteiger partial charge < -0.3 is 4.90 Å². The lowest BCUT2D eigenvalue weighted by Crippen LogP contribution is -2.46. The van der Waals surface area contributed by atoms with E-state index >= 15 is 0 Å². The van der Waals surface area contributed by atoms with Gasteiger partial charge >= 0.3 is 6.18 Å². The summed E-state index contributed by atoms with van der Waals surface area (Å²) in [7, 11) is 1.90. The van der Waals surface area contributed by atoms with Crippen molar-refractivity contribution < 1.29 is 13.2 Å². The van der Waals surface area contributed by atoms with E-state index < -0.39 is 12.6 Å². The molecule has 4 rings (SSSR count). The quantitative estimate of drug-likeness (QED) is 0.679. The highest BCUT2D eigenvalue weighted by molar-refractivity contribution is 7.18. The second kappa shape index (κ2) is 7.08. The van der Waals surface area contributed by atoms with Crippen LogP contribution in [0, 0.1) is 0 Å². The summed E-state index contributed by atoms with van der Waals surface area (Å²) in [6, 6.07) is 3.59. The first-order valence-corrected chi connectivity index (χ1v) is 9.45. The number of hydrogen-bond donors (Lipinski definition) is 0. The molecule has 4 heterocycles. The summed E-state index contributed by atoms with van der Waals surface area (Å²) in [5.74, 6) is 0.724. The Balaban J connectivity index is 1.47. The molecule has 1 aliphatic rings. The van der Waals surface area contributed by atoms with Crippen molar-refractivity contribution in [1.82, 2.24) is 24.6 Å². The van der Waals surface area contributed by atoms with Gasteiger partial charge in [0.1, 0.15) is 17.0 Å². The van der Waals surface area contributed by atoms with Crippen LogP contribution in [0.5, 0.6) is 0 Å². The number of nitrogens with zero attached hydrogens (tertiary/aromatic N) is 6. The van der Waals surface area contributed by atoms with Gasteiger partial charge in [0.15, 0.2) is 0 Å². The van der Waals surface area contributed by atoms with Gasteiger partial charge in [0.2, 0.25) is 0 Å². The minimum Gasteiger partial charge on any atom is -0.353 e. The van der Waals surface area contributed by atoms with Crippen LogP contribution < -0.4 is 4.90 Å². The summed E-state index contributed by atoms with van der Waals surface area (Å²) in [5.41, 5.74) is 1.03. The highest BCUT2D eigenvalue weighted by Gasteiger charge is 2.29. The van der Waals surface area contributed by atoms with E-state index in [9.17, 15) is 13.2 Å². The number of aryl methyl sites for hydroxylation is 1. The van der Waals surface area contributed by atoms with E-state index in [-0.39, 0.29) is 4.88 Å². The maximum atomic E-state index is 12.7. The lowest BCUT2D eigenvalue weighted by atomic mass is 10.2. The van der Waals surface area contributed by atoms with Gasteiger partial charge in [-0.05, 0) is 12.1 Å². The zero-order valence-corrected chi connectivity index (χ0v) is 15.6. The molecule has 0 spiro atoms. The highest BCUT2D eigenvalue weighted by atomic mass is 32.1. The number of rotatable bonds is 4. The van der Waals surface area contributed by atoms with E-state index in [0.717, 1.165) is 55.6 Å². The Morgan fingerprint density at radius 1 is 1.15 bits per heavy atom. The summed E-state index contributed by atoms with van der Waals surface area (Å²) in [5, 5.41) is 5.11. The Hall–Kier alpha value is -2.20. The van der Waals surface area contributed by atoms with Gasteiger partial charge in [-0.2, -0.15) is 18.3 Å². The molecule has 6 nitrogen and oxygen atoms in total. The van der Waals surface area contributed by atoms with Crippen LogP contribution in [0.15, 0.2) is 24.7 Å². The largest absolute Gasteiger partial charge is 0.393 e. The molecule has 0 atom stereocenters. The van der Waals surface area contributed by atoms with Crippen molar-refractivity contribution >= 4 is 27.4 Å². The zero-order chi connectivity index (χ0) is 19.0. The van der Waals surface area contributed by atoms with E-state index in [2.05, 4.69) is 24.9 Å². The minimum absolute atomic E-state index is 0.271. The lowest BCUT2D eigenvalue weighted by Gasteiger charge is -2.35. The van der Waals surface area contributed by atoms with Crippen LogP contribution in [0.2, 0.25) is 0 Å². The van der Waals surface area contributed by atoms with Gasteiger partial charge in [0.25, 0.3) is 0 Å². The highest BCUT2D eigenvalue weighted by Crippen LogP contribution is 2.34. The standard InChI is InChI=1S/C17H19F3N6S/c1-24-3-2-12(23-24)10-25-4-6-26(7-5-25)15-14-8-13(9-17(18,19)20)27-16(14)22-11-21-15/h2-3,8,11H,4-7,9-10H2,1H3. The second-order valence-corrected chi connectivity index (χ2v) is 7.78. The lowest BCUT2D eigenvalue weighted by molar-refractivity contribution is -0.126. The fourth-order valence-corrected chi connectivity index (χ4v) is 4.34. The van der Waals surface area contributed by atoms with Gasteiger partial charge in [0.05, 0.1) is 17.5 Å². The van der Waals surface area contributed by atoms with Gasteiger partial charge in [-0.1, -0.05) is 0 Å².